The van der Waals surface area contributed by atoms with E-state index in [2.05, 4.69) is 14.9 Å². The molecular formula is C13H17N3O3S. The molecule has 0 saturated heterocycles. The molecule has 2 rings (SSSR count). The third-order valence-corrected chi connectivity index (χ3v) is 4.68. The SMILES string of the molecule is COc1ccc(C(C)NS(=O)(=O)c2cn[nH]c2C)cc1. The minimum Gasteiger partial charge on any atom is -0.497 e. The number of methoxy groups -OCH3 is 1. The molecule has 0 bridgehead atoms. The van der Waals surface area contributed by atoms with Crippen molar-refractivity contribution in [3.05, 3.63) is 41.7 Å². The van der Waals surface area contributed by atoms with Crippen LogP contribution in [-0.2, 0) is 10.0 Å². The molecule has 2 aromatic rings. The van der Waals surface area contributed by atoms with Crippen LogP contribution < -0.4 is 9.46 Å². The van der Waals surface area contributed by atoms with Gasteiger partial charge in [-0.1, -0.05) is 12.1 Å². The molecule has 1 heterocycles. The van der Waals surface area contributed by atoms with E-state index in [1.165, 1.54) is 6.20 Å². The van der Waals surface area contributed by atoms with Gasteiger partial charge in [-0.2, -0.15) is 5.10 Å². The second-order valence-electron chi connectivity index (χ2n) is 4.48. The molecular weight excluding hydrogens is 278 g/mol. The third kappa shape index (κ3) is 3.00. The summed E-state index contributed by atoms with van der Waals surface area (Å²) in [6.45, 7) is 3.45. The van der Waals surface area contributed by atoms with Gasteiger partial charge >= 0.3 is 0 Å². The van der Waals surface area contributed by atoms with Crippen molar-refractivity contribution < 1.29 is 13.2 Å². The van der Waals surface area contributed by atoms with Gasteiger partial charge in [0.2, 0.25) is 10.0 Å². The number of aryl methyl sites for hydroxylation is 1. The average Bonchev–Trinajstić information content (AvgIpc) is 2.85. The van der Waals surface area contributed by atoms with E-state index in [0.717, 1.165) is 11.3 Å². The maximum absolute atomic E-state index is 12.2. The predicted octanol–water partition coefficient (Wildman–Crippen LogP) is 1.77. The molecule has 6 nitrogen and oxygen atoms in total. The molecule has 0 spiro atoms. The molecule has 0 aliphatic heterocycles. The van der Waals surface area contributed by atoms with Crippen LogP contribution in [0.5, 0.6) is 5.75 Å². The number of nitrogens with zero attached hydrogens (tertiary/aromatic N) is 1. The van der Waals surface area contributed by atoms with E-state index in [9.17, 15) is 8.42 Å². The van der Waals surface area contributed by atoms with Crippen LogP contribution in [0.2, 0.25) is 0 Å². The third-order valence-electron chi connectivity index (χ3n) is 3.02. The number of ether oxygens (including phenoxy) is 1. The second-order valence-corrected chi connectivity index (χ2v) is 6.16. The predicted molar refractivity (Wildman–Crippen MR) is 75.1 cm³/mol. The lowest BCUT2D eigenvalue weighted by atomic mass is 10.1. The standard InChI is InChI=1S/C13H17N3O3S/c1-9(11-4-6-12(19-3)7-5-11)16-20(17,18)13-8-14-15-10(13)2/h4-9,16H,1-3H3,(H,14,15). The number of hydrogen-bond donors (Lipinski definition) is 2. The van der Waals surface area contributed by atoms with Crippen molar-refractivity contribution in [2.75, 3.05) is 7.11 Å². The maximum atomic E-state index is 12.2. The summed E-state index contributed by atoms with van der Waals surface area (Å²) in [5.41, 5.74) is 1.37. The highest BCUT2D eigenvalue weighted by molar-refractivity contribution is 7.89. The van der Waals surface area contributed by atoms with Crippen molar-refractivity contribution in [1.82, 2.24) is 14.9 Å². The fourth-order valence-electron chi connectivity index (χ4n) is 1.87. The number of H-pyrrole nitrogens is 1. The van der Waals surface area contributed by atoms with Gasteiger partial charge in [-0.3, -0.25) is 5.10 Å². The van der Waals surface area contributed by atoms with Crippen molar-refractivity contribution in [3.63, 3.8) is 0 Å². The van der Waals surface area contributed by atoms with Crippen LogP contribution in [0.3, 0.4) is 0 Å². The number of benzene rings is 1. The van der Waals surface area contributed by atoms with Gasteiger partial charge < -0.3 is 4.74 Å². The molecule has 0 amide bonds. The average molecular weight is 295 g/mol. The van der Waals surface area contributed by atoms with E-state index in [4.69, 9.17) is 4.74 Å². The molecule has 1 aromatic heterocycles. The van der Waals surface area contributed by atoms with E-state index in [-0.39, 0.29) is 10.9 Å². The van der Waals surface area contributed by atoms with Gasteiger partial charge in [0.25, 0.3) is 0 Å². The summed E-state index contributed by atoms with van der Waals surface area (Å²) in [5.74, 6) is 0.731. The molecule has 1 unspecified atom stereocenters. The summed E-state index contributed by atoms with van der Waals surface area (Å²) in [6, 6.07) is 6.90. The van der Waals surface area contributed by atoms with Gasteiger partial charge in [0.1, 0.15) is 10.6 Å². The summed E-state index contributed by atoms with van der Waals surface area (Å²) in [4.78, 5) is 0.165. The molecule has 0 fully saturated rings. The Kier molecular flexibility index (Phi) is 4.10. The Hall–Kier alpha value is -1.86. The van der Waals surface area contributed by atoms with Gasteiger partial charge in [-0.15, -0.1) is 0 Å². The van der Waals surface area contributed by atoms with Crippen molar-refractivity contribution in [2.24, 2.45) is 0 Å². The lowest BCUT2D eigenvalue weighted by Crippen LogP contribution is -2.27. The van der Waals surface area contributed by atoms with Crippen molar-refractivity contribution in [1.29, 1.82) is 0 Å². The van der Waals surface area contributed by atoms with Gasteiger partial charge in [0.15, 0.2) is 0 Å². The molecule has 2 N–H and O–H groups in total. The highest BCUT2D eigenvalue weighted by atomic mass is 32.2. The van der Waals surface area contributed by atoms with E-state index in [0.29, 0.717) is 5.69 Å². The van der Waals surface area contributed by atoms with Gasteiger partial charge in [-0.05, 0) is 31.5 Å². The zero-order valence-electron chi connectivity index (χ0n) is 11.5. The lowest BCUT2D eigenvalue weighted by Gasteiger charge is -2.14. The Morgan fingerprint density at radius 3 is 2.45 bits per heavy atom. The Morgan fingerprint density at radius 1 is 1.30 bits per heavy atom. The molecule has 7 heteroatoms. The van der Waals surface area contributed by atoms with Crippen LogP contribution in [0, 0.1) is 6.92 Å². The van der Waals surface area contributed by atoms with Crippen molar-refractivity contribution in [2.45, 2.75) is 24.8 Å². The van der Waals surface area contributed by atoms with Gasteiger partial charge in [-0.25, -0.2) is 13.1 Å². The van der Waals surface area contributed by atoms with Crippen molar-refractivity contribution in [3.8, 4) is 5.75 Å². The zero-order valence-corrected chi connectivity index (χ0v) is 12.4. The van der Waals surface area contributed by atoms with Crippen LogP contribution in [0.15, 0.2) is 35.4 Å². The molecule has 0 saturated carbocycles. The van der Waals surface area contributed by atoms with E-state index >= 15 is 0 Å². The van der Waals surface area contributed by atoms with Crippen LogP contribution >= 0.6 is 0 Å². The first kappa shape index (κ1) is 14.5. The number of aromatic nitrogens is 2. The number of aromatic amines is 1. The van der Waals surface area contributed by atoms with Crippen molar-refractivity contribution >= 4 is 10.0 Å². The first-order valence-electron chi connectivity index (χ1n) is 6.10. The summed E-state index contributed by atoms with van der Waals surface area (Å²) in [7, 11) is -2.00. The second kappa shape index (κ2) is 5.64. The van der Waals surface area contributed by atoms with Gasteiger partial charge in [0, 0.05) is 6.04 Å². The molecule has 1 atom stereocenters. The minimum absolute atomic E-state index is 0.165. The first-order valence-corrected chi connectivity index (χ1v) is 7.58. The molecule has 0 aliphatic carbocycles. The summed E-state index contributed by atoms with van der Waals surface area (Å²) < 4.78 is 32.1. The molecule has 0 radical (unpaired) electrons. The smallest absolute Gasteiger partial charge is 0.244 e. The topological polar surface area (TPSA) is 84.1 Å². The highest BCUT2D eigenvalue weighted by Crippen LogP contribution is 2.20. The molecule has 0 aliphatic rings. The number of hydrogen-bond acceptors (Lipinski definition) is 4. The zero-order chi connectivity index (χ0) is 14.8. The Morgan fingerprint density at radius 2 is 1.95 bits per heavy atom. The quantitative estimate of drug-likeness (QED) is 0.880. The Bertz CT molecular complexity index is 677. The van der Waals surface area contributed by atoms with Crippen LogP contribution in [0.4, 0.5) is 0 Å². The largest absolute Gasteiger partial charge is 0.497 e. The number of rotatable bonds is 5. The fraction of sp³-hybridized carbons (Fsp3) is 0.308. The van der Waals surface area contributed by atoms with E-state index in [1.54, 1.807) is 33.1 Å². The van der Waals surface area contributed by atoms with Gasteiger partial charge in [0.05, 0.1) is 19.0 Å². The fourth-order valence-corrected chi connectivity index (χ4v) is 3.24. The van der Waals surface area contributed by atoms with Crippen LogP contribution in [0.1, 0.15) is 24.2 Å². The maximum Gasteiger partial charge on any atom is 0.244 e. The summed E-state index contributed by atoms with van der Waals surface area (Å²) in [6.07, 6.45) is 1.30. The van der Waals surface area contributed by atoms with E-state index < -0.39 is 10.0 Å². The number of sulfonamides is 1. The van der Waals surface area contributed by atoms with Crippen LogP contribution in [0.25, 0.3) is 0 Å². The van der Waals surface area contributed by atoms with E-state index in [1.807, 2.05) is 12.1 Å². The molecule has 20 heavy (non-hydrogen) atoms. The summed E-state index contributed by atoms with van der Waals surface area (Å²) in [5, 5.41) is 6.35. The minimum atomic E-state index is -3.59. The Balaban J connectivity index is 2.18. The first-order chi connectivity index (χ1) is 9.44. The highest BCUT2D eigenvalue weighted by Gasteiger charge is 2.21. The number of nitrogens with one attached hydrogen (secondary N) is 2. The lowest BCUT2D eigenvalue weighted by molar-refractivity contribution is 0.414. The molecule has 108 valence electrons. The summed E-state index contributed by atoms with van der Waals surface area (Å²) >= 11 is 0. The molecule has 1 aromatic carbocycles. The van der Waals surface area contributed by atoms with Crippen LogP contribution in [-0.4, -0.2) is 25.7 Å². The monoisotopic (exact) mass is 295 g/mol. The normalized spacial score (nSPS) is 13.2. The Labute approximate surface area is 118 Å².